The van der Waals surface area contributed by atoms with Crippen LogP contribution in [0.2, 0.25) is 0 Å². The van der Waals surface area contributed by atoms with Gasteiger partial charge in [-0.25, -0.2) is 0 Å². The molecule has 2 aromatic heterocycles. The molecule has 0 atom stereocenters. The average Bonchev–Trinajstić information content (AvgIpc) is 2.57. The number of nitrogens with two attached hydrogens (primary N) is 1. The lowest BCUT2D eigenvalue weighted by molar-refractivity contribution is 0.756. The summed E-state index contributed by atoms with van der Waals surface area (Å²) in [5.41, 5.74) is 9.51. The van der Waals surface area contributed by atoms with E-state index in [1.54, 1.807) is 17.1 Å². The zero-order valence-corrected chi connectivity index (χ0v) is 11.3. The van der Waals surface area contributed by atoms with Gasteiger partial charge in [-0.15, -0.1) is 0 Å². The third-order valence-corrected chi connectivity index (χ3v) is 3.10. The van der Waals surface area contributed by atoms with Crippen molar-refractivity contribution in [1.29, 1.82) is 0 Å². The van der Waals surface area contributed by atoms with E-state index >= 15 is 0 Å². The van der Waals surface area contributed by atoms with Gasteiger partial charge in [-0.2, -0.15) is 5.10 Å². The predicted molar refractivity (Wildman–Crippen MR) is 71.6 cm³/mol. The molecule has 0 aliphatic rings. The number of anilines is 2. The predicted octanol–water partition coefficient (Wildman–Crippen LogP) is 2.08. The molecule has 0 unspecified atom stereocenters. The van der Waals surface area contributed by atoms with Crippen molar-refractivity contribution in [3.63, 3.8) is 0 Å². The van der Waals surface area contributed by atoms with E-state index in [2.05, 4.69) is 31.3 Å². The second kappa shape index (κ2) is 4.75. The Bertz CT molecular complexity index is 514. The number of aryl methyl sites for hydroxylation is 2. The Morgan fingerprint density at radius 2 is 2.24 bits per heavy atom. The number of hydrogen-bond donors (Lipinski definition) is 2. The minimum atomic E-state index is 0.626. The van der Waals surface area contributed by atoms with Crippen LogP contribution in [-0.2, 0) is 13.6 Å². The second-order valence-corrected chi connectivity index (χ2v) is 4.71. The molecule has 2 rings (SSSR count). The van der Waals surface area contributed by atoms with Crippen molar-refractivity contribution in [1.82, 2.24) is 14.8 Å². The molecule has 0 aliphatic heterocycles. The molecule has 17 heavy (non-hydrogen) atoms. The summed E-state index contributed by atoms with van der Waals surface area (Å²) in [6, 6.07) is 0. The number of hydrogen-bond acceptors (Lipinski definition) is 4. The van der Waals surface area contributed by atoms with Crippen LogP contribution in [-0.4, -0.2) is 14.8 Å². The maximum absolute atomic E-state index is 5.85. The zero-order chi connectivity index (χ0) is 12.4. The Kier molecular flexibility index (Phi) is 3.33. The fourth-order valence-electron chi connectivity index (χ4n) is 1.64. The van der Waals surface area contributed by atoms with Gasteiger partial charge in [0.15, 0.2) is 0 Å². The summed E-state index contributed by atoms with van der Waals surface area (Å²) >= 11 is 3.42. The molecule has 5 nitrogen and oxygen atoms in total. The first kappa shape index (κ1) is 11.9. The topological polar surface area (TPSA) is 68.8 Å². The van der Waals surface area contributed by atoms with Crippen LogP contribution in [0.1, 0.15) is 11.3 Å². The molecule has 0 saturated heterocycles. The van der Waals surface area contributed by atoms with E-state index in [1.807, 2.05) is 20.2 Å². The minimum absolute atomic E-state index is 0.626. The van der Waals surface area contributed by atoms with Crippen LogP contribution in [0.5, 0.6) is 0 Å². The first-order valence-electron chi connectivity index (χ1n) is 5.20. The van der Waals surface area contributed by atoms with Crippen molar-refractivity contribution < 1.29 is 0 Å². The molecule has 0 amide bonds. The lowest BCUT2D eigenvalue weighted by Crippen LogP contribution is -2.04. The standard InChI is InChI=1S/C11H14BrN5/c1-7-8(6-17(2)16-7)3-15-11-9(12)4-14-5-10(11)13/h4-6H,3,13H2,1-2H3,(H,14,15). The second-order valence-electron chi connectivity index (χ2n) is 3.85. The minimum Gasteiger partial charge on any atom is -0.396 e. The summed E-state index contributed by atoms with van der Waals surface area (Å²) in [6.07, 6.45) is 5.34. The van der Waals surface area contributed by atoms with Crippen molar-refractivity contribution in [2.45, 2.75) is 13.5 Å². The van der Waals surface area contributed by atoms with Crippen LogP contribution < -0.4 is 11.1 Å². The normalized spacial score (nSPS) is 10.5. The fourth-order valence-corrected chi connectivity index (χ4v) is 2.13. The van der Waals surface area contributed by atoms with E-state index in [0.717, 1.165) is 21.4 Å². The summed E-state index contributed by atoms with van der Waals surface area (Å²) in [4.78, 5) is 3.99. The third-order valence-electron chi connectivity index (χ3n) is 2.50. The molecule has 3 N–H and O–H groups in total. The molecular formula is C11H14BrN5. The summed E-state index contributed by atoms with van der Waals surface area (Å²) in [6.45, 7) is 2.68. The van der Waals surface area contributed by atoms with E-state index in [0.29, 0.717) is 12.2 Å². The van der Waals surface area contributed by atoms with E-state index in [9.17, 15) is 0 Å². The maximum atomic E-state index is 5.85. The highest BCUT2D eigenvalue weighted by Crippen LogP contribution is 2.27. The third kappa shape index (κ3) is 2.58. The molecule has 0 saturated carbocycles. The van der Waals surface area contributed by atoms with Gasteiger partial charge in [-0.1, -0.05) is 0 Å². The van der Waals surface area contributed by atoms with Gasteiger partial charge in [-0.3, -0.25) is 9.67 Å². The number of halogens is 1. The summed E-state index contributed by atoms with van der Waals surface area (Å²) in [5.74, 6) is 0. The largest absolute Gasteiger partial charge is 0.396 e. The SMILES string of the molecule is Cc1nn(C)cc1CNc1c(N)cncc1Br. The van der Waals surface area contributed by atoms with Crippen LogP contribution >= 0.6 is 15.9 Å². The Labute approximate surface area is 108 Å². The molecule has 0 radical (unpaired) electrons. The van der Waals surface area contributed by atoms with E-state index in [1.165, 1.54) is 0 Å². The molecule has 0 bridgehead atoms. The van der Waals surface area contributed by atoms with E-state index in [-0.39, 0.29) is 0 Å². The molecule has 2 heterocycles. The van der Waals surface area contributed by atoms with Crippen molar-refractivity contribution in [2.75, 3.05) is 11.1 Å². The average molecular weight is 296 g/mol. The van der Waals surface area contributed by atoms with Crippen LogP contribution in [0.3, 0.4) is 0 Å². The molecule has 0 spiro atoms. The molecule has 6 heteroatoms. The van der Waals surface area contributed by atoms with Gasteiger partial charge in [0.05, 0.1) is 27.7 Å². The van der Waals surface area contributed by atoms with Gasteiger partial charge < -0.3 is 11.1 Å². The zero-order valence-electron chi connectivity index (χ0n) is 9.74. The van der Waals surface area contributed by atoms with Gasteiger partial charge in [-0.05, 0) is 22.9 Å². The molecule has 90 valence electrons. The molecule has 0 aromatic carbocycles. The Morgan fingerprint density at radius 3 is 2.82 bits per heavy atom. The quantitative estimate of drug-likeness (QED) is 0.910. The van der Waals surface area contributed by atoms with Gasteiger partial charge in [0.1, 0.15) is 0 Å². The number of rotatable bonds is 3. The number of nitrogens with one attached hydrogen (secondary N) is 1. The Morgan fingerprint density at radius 1 is 1.47 bits per heavy atom. The smallest absolute Gasteiger partial charge is 0.0752 e. The number of nitrogens with zero attached hydrogens (tertiary/aromatic N) is 3. The van der Waals surface area contributed by atoms with E-state index < -0.39 is 0 Å². The monoisotopic (exact) mass is 295 g/mol. The van der Waals surface area contributed by atoms with Crippen LogP contribution in [0.15, 0.2) is 23.1 Å². The number of pyridine rings is 1. The van der Waals surface area contributed by atoms with Gasteiger partial charge in [0, 0.05) is 31.5 Å². The first-order chi connectivity index (χ1) is 8.08. The Hall–Kier alpha value is -1.56. The Balaban J connectivity index is 2.15. The van der Waals surface area contributed by atoms with Gasteiger partial charge in [0.25, 0.3) is 0 Å². The van der Waals surface area contributed by atoms with Gasteiger partial charge in [0.2, 0.25) is 0 Å². The highest BCUT2D eigenvalue weighted by atomic mass is 79.9. The van der Waals surface area contributed by atoms with Gasteiger partial charge >= 0.3 is 0 Å². The van der Waals surface area contributed by atoms with Crippen molar-refractivity contribution in [2.24, 2.45) is 7.05 Å². The summed E-state index contributed by atoms with van der Waals surface area (Å²) < 4.78 is 2.66. The van der Waals surface area contributed by atoms with Crippen LogP contribution in [0, 0.1) is 6.92 Å². The van der Waals surface area contributed by atoms with E-state index in [4.69, 9.17) is 5.73 Å². The van der Waals surface area contributed by atoms with Crippen LogP contribution in [0.4, 0.5) is 11.4 Å². The summed E-state index contributed by atoms with van der Waals surface area (Å²) in [7, 11) is 1.91. The van der Waals surface area contributed by atoms with Crippen molar-refractivity contribution in [3.05, 3.63) is 34.3 Å². The highest BCUT2D eigenvalue weighted by Gasteiger charge is 2.07. The van der Waals surface area contributed by atoms with Crippen molar-refractivity contribution in [3.8, 4) is 0 Å². The fraction of sp³-hybridized carbons (Fsp3) is 0.273. The highest BCUT2D eigenvalue weighted by molar-refractivity contribution is 9.10. The molecule has 0 fully saturated rings. The maximum Gasteiger partial charge on any atom is 0.0752 e. The first-order valence-corrected chi connectivity index (χ1v) is 5.99. The summed E-state index contributed by atoms with van der Waals surface area (Å²) in [5, 5.41) is 7.58. The van der Waals surface area contributed by atoms with Crippen molar-refractivity contribution >= 4 is 27.3 Å². The molecule has 2 aromatic rings. The lowest BCUT2D eigenvalue weighted by atomic mass is 10.2. The number of nitrogen functional groups attached to an aromatic ring is 1. The molecule has 0 aliphatic carbocycles. The van der Waals surface area contributed by atoms with Crippen LogP contribution in [0.25, 0.3) is 0 Å². The molecular weight excluding hydrogens is 282 g/mol. The number of aromatic nitrogens is 3. The lowest BCUT2D eigenvalue weighted by Gasteiger charge is -2.10.